The van der Waals surface area contributed by atoms with Crippen molar-refractivity contribution in [3.8, 4) is 5.69 Å². The molecule has 0 atom stereocenters. The number of ether oxygens (including phenoxy) is 1. The van der Waals surface area contributed by atoms with E-state index in [4.69, 9.17) is 0 Å². The van der Waals surface area contributed by atoms with E-state index in [-0.39, 0.29) is 12.1 Å². The van der Waals surface area contributed by atoms with Gasteiger partial charge in [0.25, 0.3) is 0 Å². The first kappa shape index (κ1) is 19.0. The van der Waals surface area contributed by atoms with Crippen LogP contribution in [-0.2, 0) is 4.74 Å². The minimum Gasteiger partial charge on any atom is -0.465 e. The van der Waals surface area contributed by atoms with Gasteiger partial charge in [-0.25, -0.2) is 18.8 Å². The molecule has 1 heterocycles. The number of methoxy groups -OCH3 is 1. The highest BCUT2D eigenvalue weighted by Gasteiger charge is 2.25. The molecule has 0 spiro atoms. The molecule has 10 heteroatoms. The largest absolute Gasteiger partial charge is 0.465 e. The maximum atomic E-state index is 14.4. The molecule has 1 amide bonds. The van der Waals surface area contributed by atoms with E-state index >= 15 is 0 Å². The summed E-state index contributed by atoms with van der Waals surface area (Å²) in [5, 5.41) is 7.14. The highest BCUT2D eigenvalue weighted by atomic mass is 19.1. The number of hydrogen-bond acceptors (Lipinski definition) is 6. The molecule has 0 aliphatic heterocycles. The van der Waals surface area contributed by atoms with E-state index in [1.165, 1.54) is 17.0 Å². The Morgan fingerprint density at radius 3 is 2.46 bits per heavy atom. The van der Waals surface area contributed by atoms with Crippen molar-refractivity contribution in [2.45, 2.75) is 6.92 Å². The zero-order chi connectivity index (χ0) is 20.3. The zero-order valence-corrected chi connectivity index (χ0v) is 15.1. The van der Waals surface area contributed by atoms with Crippen molar-refractivity contribution in [2.24, 2.45) is 0 Å². The topological polar surface area (TPSA) is 99.3 Å². The molecule has 144 valence electrons. The molecule has 3 aromatic rings. The van der Waals surface area contributed by atoms with E-state index in [0.717, 1.165) is 13.2 Å². The van der Waals surface area contributed by atoms with Crippen LogP contribution in [0, 0.1) is 5.82 Å². The summed E-state index contributed by atoms with van der Waals surface area (Å²) in [6.45, 7) is 1.99. The number of nitrogens with zero attached hydrogens (tertiary/aromatic N) is 5. The highest BCUT2D eigenvalue weighted by molar-refractivity contribution is 5.94. The predicted molar refractivity (Wildman–Crippen MR) is 97.2 cm³/mol. The number of amides is 1. The summed E-state index contributed by atoms with van der Waals surface area (Å²) in [5.41, 5.74) is -1.13. The Balaban J connectivity index is 2.08. The fourth-order valence-electron chi connectivity index (χ4n) is 2.66. The normalized spacial score (nSPS) is 10.5. The second-order valence-corrected chi connectivity index (χ2v) is 5.58. The molecule has 3 rings (SSSR count). The summed E-state index contributed by atoms with van der Waals surface area (Å²) < 4.78 is 20.0. The van der Waals surface area contributed by atoms with Gasteiger partial charge in [0.15, 0.2) is 0 Å². The molecule has 9 nitrogen and oxygen atoms in total. The number of rotatable bonds is 4. The van der Waals surface area contributed by atoms with E-state index in [2.05, 4.69) is 15.2 Å². The summed E-state index contributed by atoms with van der Waals surface area (Å²) in [7, 11) is 1.12. The van der Waals surface area contributed by atoms with Crippen LogP contribution in [0.15, 0.2) is 53.3 Å². The zero-order valence-electron chi connectivity index (χ0n) is 15.1. The third-order valence-electron chi connectivity index (χ3n) is 3.98. The Morgan fingerprint density at radius 1 is 1.11 bits per heavy atom. The average molecular weight is 385 g/mol. The smallest absolute Gasteiger partial charge is 0.377 e. The minimum absolute atomic E-state index is 0.223. The van der Waals surface area contributed by atoms with E-state index in [0.29, 0.717) is 15.1 Å². The van der Waals surface area contributed by atoms with Gasteiger partial charge in [-0.3, -0.25) is 4.90 Å². The quantitative estimate of drug-likeness (QED) is 0.502. The lowest BCUT2D eigenvalue weighted by Gasteiger charge is -2.19. The first-order chi connectivity index (χ1) is 13.5. The monoisotopic (exact) mass is 385 g/mol. The molecule has 0 unspecified atom stereocenters. The van der Waals surface area contributed by atoms with Crippen molar-refractivity contribution in [1.82, 2.24) is 19.8 Å². The van der Waals surface area contributed by atoms with Crippen LogP contribution in [0.3, 0.4) is 0 Å². The summed E-state index contributed by atoms with van der Waals surface area (Å²) in [4.78, 5) is 38.7. The van der Waals surface area contributed by atoms with E-state index < -0.39 is 29.2 Å². The maximum absolute atomic E-state index is 14.4. The van der Waals surface area contributed by atoms with Crippen LogP contribution >= 0.6 is 0 Å². The molecule has 2 aromatic carbocycles. The standard InChI is InChI=1S/C18H16FN5O4/c1-3-22(12-8-5-4-6-9-12)17(26)24-18(27)23(20-21-24)15-13(16(25)28-2)10-7-11-14(15)19/h4-11H,3H2,1-2H3. The van der Waals surface area contributed by atoms with Crippen LogP contribution in [0.1, 0.15) is 17.3 Å². The number of anilines is 1. The Kier molecular flexibility index (Phi) is 5.30. The SMILES string of the molecule is CCN(C(=O)n1nnn(-c2c(F)cccc2C(=O)OC)c1=O)c1ccccc1. The van der Waals surface area contributed by atoms with Gasteiger partial charge in [-0.1, -0.05) is 24.3 Å². The fourth-order valence-corrected chi connectivity index (χ4v) is 2.66. The van der Waals surface area contributed by atoms with Gasteiger partial charge >= 0.3 is 17.7 Å². The molecule has 0 saturated carbocycles. The van der Waals surface area contributed by atoms with Crippen LogP contribution in [0.5, 0.6) is 0 Å². The molecule has 0 N–H and O–H groups in total. The van der Waals surface area contributed by atoms with Crippen molar-refractivity contribution in [2.75, 3.05) is 18.6 Å². The Hall–Kier alpha value is -3.82. The molecule has 1 aromatic heterocycles. The minimum atomic E-state index is -1.02. The molecule has 28 heavy (non-hydrogen) atoms. The lowest BCUT2D eigenvalue weighted by atomic mass is 10.1. The number of para-hydroxylation sites is 2. The van der Waals surface area contributed by atoms with Gasteiger partial charge in [0.2, 0.25) is 0 Å². The molecular formula is C18H16FN5O4. The highest BCUT2D eigenvalue weighted by Crippen LogP contribution is 2.18. The third kappa shape index (κ3) is 3.27. The lowest BCUT2D eigenvalue weighted by molar-refractivity contribution is 0.0600. The Morgan fingerprint density at radius 2 is 1.82 bits per heavy atom. The predicted octanol–water partition coefficient (Wildman–Crippen LogP) is 1.85. The van der Waals surface area contributed by atoms with Gasteiger partial charge < -0.3 is 4.74 Å². The van der Waals surface area contributed by atoms with Gasteiger partial charge in [0.05, 0.1) is 12.7 Å². The van der Waals surface area contributed by atoms with Crippen LogP contribution in [0.4, 0.5) is 14.9 Å². The number of aromatic nitrogens is 4. The van der Waals surface area contributed by atoms with E-state index in [9.17, 15) is 18.8 Å². The van der Waals surface area contributed by atoms with Gasteiger partial charge in [0, 0.05) is 12.2 Å². The molecule has 0 aliphatic rings. The maximum Gasteiger partial charge on any atom is 0.377 e. The summed E-state index contributed by atoms with van der Waals surface area (Å²) in [6, 6.07) is 11.5. The molecule has 0 saturated heterocycles. The van der Waals surface area contributed by atoms with E-state index in [1.54, 1.807) is 37.3 Å². The number of carbonyl (C=O) groups is 2. The Bertz CT molecular complexity index is 1080. The first-order valence-corrected chi connectivity index (χ1v) is 8.28. The van der Waals surface area contributed by atoms with Gasteiger partial charge in [-0.05, 0) is 41.6 Å². The van der Waals surface area contributed by atoms with Crippen LogP contribution in [0.2, 0.25) is 0 Å². The number of carbonyl (C=O) groups excluding carboxylic acids is 2. The summed E-state index contributed by atoms with van der Waals surface area (Å²) >= 11 is 0. The second kappa shape index (κ2) is 7.82. The molecular weight excluding hydrogens is 369 g/mol. The molecule has 0 aliphatic carbocycles. The van der Waals surface area contributed by atoms with Crippen LogP contribution < -0.4 is 10.6 Å². The summed E-state index contributed by atoms with van der Waals surface area (Å²) in [5.74, 6) is -1.75. The van der Waals surface area contributed by atoms with E-state index in [1.807, 2.05) is 0 Å². The third-order valence-corrected chi connectivity index (χ3v) is 3.98. The fraction of sp³-hybridized carbons (Fsp3) is 0.167. The number of esters is 1. The van der Waals surface area contributed by atoms with Crippen molar-refractivity contribution < 1.29 is 18.7 Å². The van der Waals surface area contributed by atoms with Gasteiger partial charge in [-0.2, -0.15) is 4.68 Å². The molecule has 0 radical (unpaired) electrons. The van der Waals surface area contributed by atoms with Gasteiger partial charge in [0.1, 0.15) is 11.5 Å². The first-order valence-electron chi connectivity index (χ1n) is 8.28. The van der Waals surface area contributed by atoms with Crippen molar-refractivity contribution in [3.63, 3.8) is 0 Å². The lowest BCUT2D eigenvalue weighted by Crippen LogP contribution is -2.41. The average Bonchev–Trinajstić information content (AvgIpc) is 3.09. The second-order valence-electron chi connectivity index (χ2n) is 5.58. The van der Waals surface area contributed by atoms with Crippen molar-refractivity contribution >= 4 is 17.7 Å². The number of hydrogen-bond donors (Lipinski definition) is 0. The molecule has 0 bridgehead atoms. The number of tetrazole rings is 1. The van der Waals surface area contributed by atoms with Crippen LogP contribution in [0.25, 0.3) is 5.69 Å². The van der Waals surface area contributed by atoms with Crippen molar-refractivity contribution in [3.05, 3.63) is 70.4 Å². The Labute approximate surface area is 158 Å². The number of benzene rings is 2. The van der Waals surface area contributed by atoms with Crippen molar-refractivity contribution in [1.29, 1.82) is 0 Å². The summed E-state index contributed by atoms with van der Waals surface area (Å²) in [6.07, 6.45) is 0. The van der Waals surface area contributed by atoms with Gasteiger partial charge in [-0.15, -0.1) is 4.68 Å². The molecule has 0 fully saturated rings. The van der Waals surface area contributed by atoms with Crippen LogP contribution in [-0.4, -0.2) is 45.4 Å². The number of halogens is 1.